The van der Waals surface area contributed by atoms with Gasteiger partial charge in [0.1, 0.15) is 5.82 Å². The fraction of sp³-hybridized carbons (Fsp3) is 0.765. The van der Waals surface area contributed by atoms with E-state index in [2.05, 4.69) is 4.98 Å². The monoisotopic (exact) mass is 288 g/mol. The summed E-state index contributed by atoms with van der Waals surface area (Å²) >= 11 is 0. The highest BCUT2D eigenvalue weighted by molar-refractivity contribution is 5.19. The molecule has 0 aromatic carbocycles. The molecule has 0 N–H and O–H groups in total. The predicted molar refractivity (Wildman–Crippen MR) is 78.6 cm³/mol. The third kappa shape index (κ3) is 2.20. The fourth-order valence-corrected chi connectivity index (χ4v) is 5.48. The first-order valence-corrected chi connectivity index (χ1v) is 8.11. The van der Waals surface area contributed by atoms with E-state index in [-0.39, 0.29) is 11.7 Å². The average molecular weight is 288 g/mol. The lowest BCUT2D eigenvalue weighted by atomic mass is 9.49. The van der Waals surface area contributed by atoms with Gasteiger partial charge in [0.05, 0.1) is 5.69 Å². The van der Waals surface area contributed by atoms with Crippen molar-refractivity contribution in [2.75, 3.05) is 14.2 Å². The van der Waals surface area contributed by atoms with E-state index in [1.807, 2.05) is 12.3 Å². The first-order valence-electron chi connectivity index (χ1n) is 8.11. The zero-order valence-corrected chi connectivity index (χ0v) is 12.9. The summed E-state index contributed by atoms with van der Waals surface area (Å²) in [5, 5.41) is 0. The quantitative estimate of drug-likeness (QED) is 0.798. The molecule has 4 heteroatoms. The van der Waals surface area contributed by atoms with Crippen LogP contribution in [0.4, 0.5) is 0 Å². The van der Waals surface area contributed by atoms with Gasteiger partial charge in [-0.15, -0.1) is 0 Å². The Bertz CT molecular complexity index is 492. The van der Waals surface area contributed by atoms with Gasteiger partial charge in [0.2, 0.25) is 6.29 Å². The number of hydrogen-bond donors (Lipinski definition) is 0. The number of aromatic nitrogens is 2. The van der Waals surface area contributed by atoms with E-state index in [4.69, 9.17) is 14.5 Å². The summed E-state index contributed by atoms with van der Waals surface area (Å²) in [6.45, 7) is 0. The van der Waals surface area contributed by atoms with Gasteiger partial charge in [-0.1, -0.05) is 0 Å². The van der Waals surface area contributed by atoms with Gasteiger partial charge in [0, 0.05) is 25.8 Å². The number of hydrogen-bond acceptors (Lipinski definition) is 4. The molecular weight excluding hydrogens is 264 g/mol. The Labute approximate surface area is 126 Å². The van der Waals surface area contributed by atoms with Crippen molar-refractivity contribution in [3.63, 3.8) is 0 Å². The second-order valence-corrected chi connectivity index (χ2v) is 7.31. The Morgan fingerprint density at radius 3 is 2.14 bits per heavy atom. The Morgan fingerprint density at radius 2 is 1.62 bits per heavy atom. The molecule has 21 heavy (non-hydrogen) atoms. The standard InChI is InChI=1S/C17H24N2O2/c1-20-15(21-2)14-3-4-18-16(19-14)17-8-11-5-12(9-17)7-13(6-11)10-17/h3-4,11-13,15H,5-10H2,1-2H3. The molecule has 0 amide bonds. The Balaban J connectivity index is 1.68. The summed E-state index contributed by atoms with van der Waals surface area (Å²) < 4.78 is 10.7. The van der Waals surface area contributed by atoms with Gasteiger partial charge >= 0.3 is 0 Å². The highest BCUT2D eigenvalue weighted by Crippen LogP contribution is 2.60. The first kappa shape index (κ1) is 13.6. The van der Waals surface area contributed by atoms with Crippen molar-refractivity contribution in [1.82, 2.24) is 9.97 Å². The molecule has 4 aliphatic carbocycles. The molecule has 1 heterocycles. The molecule has 4 aliphatic rings. The Hall–Kier alpha value is -1.00. The largest absolute Gasteiger partial charge is 0.350 e. The molecule has 0 spiro atoms. The second kappa shape index (κ2) is 5.03. The minimum atomic E-state index is -0.388. The summed E-state index contributed by atoms with van der Waals surface area (Å²) in [5.74, 6) is 3.76. The van der Waals surface area contributed by atoms with Crippen LogP contribution >= 0.6 is 0 Å². The number of methoxy groups -OCH3 is 2. The zero-order chi connectivity index (χ0) is 14.4. The predicted octanol–water partition coefficient (Wildman–Crippen LogP) is 3.24. The molecule has 1 aromatic rings. The van der Waals surface area contributed by atoms with Gasteiger partial charge in [-0.05, 0) is 62.3 Å². The molecule has 1 aromatic heterocycles. The van der Waals surface area contributed by atoms with Crippen LogP contribution in [0.1, 0.15) is 56.3 Å². The molecule has 0 aliphatic heterocycles. The third-order valence-corrected chi connectivity index (χ3v) is 5.86. The molecule has 4 bridgehead atoms. The summed E-state index contributed by atoms with van der Waals surface area (Å²) in [5.41, 5.74) is 1.08. The van der Waals surface area contributed by atoms with Gasteiger partial charge in [-0.3, -0.25) is 0 Å². The van der Waals surface area contributed by atoms with E-state index in [1.165, 1.54) is 38.5 Å². The van der Waals surface area contributed by atoms with Crippen molar-refractivity contribution in [2.45, 2.75) is 50.2 Å². The summed E-state index contributed by atoms with van der Waals surface area (Å²) in [6, 6.07) is 1.90. The molecule has 4 saturated carbocycles. The van der Waals surface area contributed by atoms with Crippen LogP contribution < -0.4 is 0 Å². The van der Waals surface area contributed by atoms with Crippen LogP contribution in [-0.4, -0.2) is 24.2 Å². The minimum absolute atomic E-state index is 0.233. The zero-order valence-electron chi connectivity index (χ0n) is 12.9. The van der Waals surface area contributed by atoms with E-state index in [1.54, 1.807) is 14.2 Å². The molecule has 0 saturated heterocycles. The molecule has 114 valence electrons. The topological polar surface area (TPSA) is 44.2 Å². The van der Waals surface area contributed by atoms with Crippen LogP contribution in [0.2, 0.25) is 0 Å². The van der Waals surface area contributed by atoms with E-state index >= 15 is 0 Å². The molecule has 0 unspecified atom stereocenters. The molecule has 4 fully saturated rings. The SMILES string of the molecule is COC(OC)c1ccnc(C23CC4CC(CC(C4)C2)C3)n1. The van der Waals surface area contributed by atoms with Gasteiger partial charge < -0.3 is 9.47 Å². The second-order valence-electron chi connectivity index (χ2n) is 7.31. The smallest absolute Gasteiger partial charge is 0.200 e. The number of ether oxygens (including phenoxy) is 2. The average Bonchev–Trinajstić information content (AvgIpc) is 2.47. The van der Waals surface area contributed by atoms with Crippen molar-refractivity contribution in [3.05, 3.63) is 23.8 Å². The maximum atomic E-state index is 5.35. The highest BCUT2D eigenvalue weighted by Gasteiger charge is 2.53. The highest BCUT2D eigenvalue weighted by atomic mass is 16.7. The normalized spacial score (nSPS) is 37.4. The van der Waals surface area contributed by atoms with Crippen molar-refractivity contribution in [1.29, 1.82) is 0 Å². The molecule has 0 atom stereocenters. The maximum absolute atomic E-state index is 5.35. The van der Waals surface area contributed by atoms with Crippen LogP contribution in [0.15, 0.2) is 12.3 Å². The van der Waals surface area contributed by atoms with E-state index in [0.717, 1.165) is 29.3 Å². The molecule has 5 rings (SSSR count). The number of nitrogens with zero attached hydrogens (tertiary/aromatic N) is 2. The van der Waals surface area contributed by atoms with Crippen LogP contribution in [0.25, 0.3) is 0 Å². The van der Waals surface area contributed by atoms with Crippen molar-refractivity contribution >= 4 is 0 Å². The Kier molecular flexibility index (Phi) is 3.27. The summed E-state index contributed by atoms with van der Waals surface area (Å²) in [6.07, 6.45) is 9.67. The van der Waals surface area contributed by atoms with E-state index in [0.29, 0.717) is 0 Å². The molecular formula is C17H24N2O2. The Morgan fingerprint density at radius 1 is 1.05 bits per heavy atom. The third-order valence-electron chi connectivity index (χ3n) is 5.86. The van der Waals surface area contributed by atoms with Crippen LogP contribution in [0, 0.1) is 17.8 Å². The minimum Gasteiger partial charge on any atom is -0.350 e. The van der Waals surface area contributed by atoms with Crippen LogP contribution in [-0.2, 0) is 14.9 Å². The summed E-state index contributed by atoms with van der Waals surface area (Å²) in [4.78, 5) is 9.50. The first-order chi connectivity index (χ1) is 10.2. The van der Waals surface area contributed by atoms with Crippen LogP contribution in [0.3, 0.4) is 0 Å². The maximum Gasteiger partial charge on any atom is 0.200 e. The van der Waals surface area contributed by atoms with Gasteiger partial charge in [0.25, 0.3) is 0 Å². The fourth-order valence-electron chi connectivity index (χ4n) is 5.48. The van der Waals surface area contributed by atoms with Gasteiger partial charge in [-0.2, -0.15) is 0 Å². The van der Waals surface area contributed by atoms with Crippen molar-refractivity contribution in [2.24, 2.45) is 17.8 Å². The summed E-state index contributed by atoms with van der Waals surface area (Å²) in [7, 11) is 3.31. The van der Waals surface area contributed by atoms with Gasteiger partial charge in [-0.25, -0.2) is 9.97 Å². The van der Waals surface area contributed by atoms with Crippen LogP contribution in [0.5, 0.6) is 0 Å². The van der Waals surface area contributed by atoms with Gasteiger partial charge in [0.15, 0.2) is 0 Å². The van der Waals surface area contributed by atoms with E-state index in [9.17, 15) is 0 Å². The van der Waals surface area contributed by atoms with Crippen molar-refractivity contribution < 1.29 is 9.47 Å². The van der Waals surface area contributed by atoms with E-state index < -0.39 is 0 Å². The molecule has 4 nitrogen and oxygen atoms in total. The molecule has 0 radical (unpaired) electrons. The lowest BCUT2D eigenvalue weighted by molar-refractivity contribution is -0.109. The lowest BCUT2D eigenvalue weighted by Gasteiger charge is -2.56. The van der Waals surface area contributed by atoms with Crippen molar-refractivity contribution in [3.8, 4) is 0 Å². The number of rotatable bonds is 4. The lowest BCUT2D eigenvalue weighted by Crippen LogP contribution is -2.49.